The lowest BCUT2D eigenvalue weighted by molar-refractivity contribution is 0.738. The van der Waals surface area contributed by atoms with Crippen LogP contribution in [0.15, 0.2) is 24.3 Å². The predicted octanol–water partition coefficient (Wildman–Crippen LogP) is 2.24. The van der Waals surface area contributed by atoms with Crippen molar-refractivity contribution in [1.29, 1.82) is 5.26 Å². The third-order valence-corrected chi connectivity index (χ3v) is 2.79. The highest BCUT2D eigenvalue weighted by Gasteiger charge is 2.11. The fourth-order valence-electron chi connectivity index (χ4n) is 1.95. The van der Waals surface area contributed by atoms with E-state index in [-0.39, 0.29) is 0 Å². The van der Waals surface area contributed by atoms with Crippen molar-refractivity contribution >= 4 is 5.57 Å². The second-order valence-electron chi connectivity index (χ2n) is 3.79. The number of nitriles is 1. The molecule has 0 spiro atoms. The molecular weight excluding hydrogens is 184 g/mol. The first-order valence-electron chi connectivity index (χ1n) is 5.23. The molecule has 0 radical (unpaired) electrons. The van der Waals surface area contributed by atoms with Crippen molar-refractivity contribution < 1.29 is 0 Å². The minimum absolute atomic E-state index is 0.825. The molecule has 1 aromatic carbocycles. The maximum Gasteiger partial charge on any atom is 0.100 e. The Labute approximate surface area is 90.2 Å². The van der Waals surface area contributed by atoms with Gasteiger partial charge in [0.15, 0.2) is 0 Å². The zero-order valence-corrected chi connectivity index (χ0v) is 8.88. The van der Waals surface area contributed by atoms with E-state index >= 15 is 0 Å². The van der Waals surface area contributed by atoms with Crippen LogP contribution in [-0.4, -0.2) is 13.1 Å². The van der Waals surface area contributed by atoms with Crippen molar-refractivity contribution in [3.63, 3.8) is 0 Å². The molecule has 1 aliphatic rings. The molecule has 15 heavy (non-hydrogen) atoms. The van der Waals surface area contributed by atoms with Crippen molar-refractivity contribution in [3.8, 4) is 6.07 Å². The second-order valence-corrected chi connectivity index (χ2v) is 3.79. The van der Waals surface area contributed by atoms with Crippen molar-refractivity contribution in [2.45, 2.75) is 13.3 Å². The molecule has 1 aliphatic heterocycles. The summed E-state index contributed by atoms with van der Waals surface area (Å²) in [5.41, 5.74) is 4.30. The molecule has 0 aromatic heterocycles. The van der Waals surface area contributed by atoms with E-state index in [0.717, 1.165) is 36.2 Å². The van der Waals surface area contributed by atoms with E-state index in [1.807, 2.05) is 25.1 Å². The van der Waals surface area contributed by atoms with E-state index in [2.05, 4.69) is 17.5 Å². The Kier molecular flexibility index (Phi) is 2.84. The molecule has 1 N–H and O–H groups in total. The van der Waals surface area contributed by atoms with Crippen molar-refractivity contribution in [3.05, 3.63) is 41.0 Å². The van der Waals surface area contributed by atoms with Gasteiger partial charge in [0.05, 0.1) is 5.56 Å². The molecule has 0 unspecified atom stereocenters. The first-order chi connectivity index (χ1) is 7.33. The topological polar surface area (TPSA) is 35.8 Å². The fraction of sp³-hybridized carbons (Fsp3) is 0.308. The Morgan fingerprint density at radius 3 is 2.93 bits per heavy atom. The molecule has 2 rings (SSSR count). The lowest BCUT2D eigenvalue weighted by Gasteiger charge is -2.16. The molecule has 0 fully saturated rings. The van der Waals surface area contributed by atoms with E-state index in [0.29, 0.717) is 0 Å². The van der Waals surface area contributed by atoms with Crippen LogP contribution < -0.4 is 5.32 Å². The molecule has 0 saturated carbocycles. The smallest absolute Gasteiger partial charge is 0.100 e. The summed E-state index contributed by atoms with van der Waals surface area (Å²) in [5, 5.41) is 12.4. The molecule has 1 heterocycles. The lowest BCUT2D eigenvalue weighted by Crippen LogP contribution is -2.20. The Morgan fingerprint density at radius 2 is 2.27 bits per heavy atom. The van der Waals surface area contributed by atoms with Crippen LogP contribution in [0.2, 0.25) is 0 Å². The minimum atomic E-state index is 0.825. The summed E-state index contributed by atoms with van der Waals surface area (Å²) in [6, 6.07) is 8.36. The van der Waals surface area contributed by atoms with Crippen molar-refractivity contribution in [1.82, 2.24) is 5.32 Å². The zero-order chi connectivity index (χ0) is 10.7. The summed E-state index contributed by atoms with van der Waals surface area (Å²) in [5.74, 6) is 0. The van der Waals surface area contributed by atoms with E-state index in [1.165, 1.54) is 5.57 Å². The summed E-state index contributed by atoms with van der Waals surface area (Å²) in [7, 11) is 0. The van der Waals surface area contributed by atoms with Gasteiger partial charge in [0.2, 0.25) is 0 Å². The molecule has 2 nitrogen and oxygen atoms in total. The number of hydrogen-bond acceptors (Lipinski definition) is 2. The van der Waals surface area contributed by atoms with Crippen LogP contribution in [0, 0.1) is 18.3 Å². The van der Waals surface area contributed by atoms with Gasteiger partial charge in [-0.2, -0.15) is 5.26 Å². The molecule has 0 saturated heterocycles. The summed E-state index contributed by atoms with van der Waals surface area (Å²) < 4.78 is 0. The third-order valence-electron chi connectivity index (χ3n) is 2.79. The average Bonchev–Trinajstić information content (AvgIpc) is 2.30. The van der Waals surface area contributed by atoms with Crippen LogP contribution in [0.4, 0.5) is 0 Å². The molecule has 0 aliphatic carbocycles. The van der Waals surface area contributed by atoms with Crippen molar-refractivity contribution in [2.24, 2.45) is 0 Å². The summed E-state index contributed by atoms with van der Waals surface area (Å²) in [4.78, 5) is 0. The van der Waals surface area contributed by atoms with Gasteiger partial charge in [0, 0.05) is 6.54 Å². The third kappa shape index (κ3) is 1.93. The molecule has 76 valence electrons. The number of nitrogens with zero attached hydrogens (tertiary/aromatic N) is 1. The maximum absolute atomic E-state index is 9.14. The quantitative estimate of drug-likeness (QED) is 0.751. The predicted molar refractivity (Wildman–Crippen MR) is 61.4 cm³/mol. The average molecular weight is 198 g/mol. The Balaban J connectivity index is 2.48. The van der Waals surface area contributed by atoms with Crippen LogP contribution in [0.5, 0.6) is 0 Å². The van der Waals surface area contributed by atoms with Gasteiger partial charge < -0.3 is 5.32 Å². The highest BCUT2D eigenvalue weighted by molar-refractivity contribution is 5.72. The van der Waals surface area contributed by atoms with Gasteiger partial charge in [-0.15, -0.1) is 0 Å². The molecule has 0 bridgehead atoms. The number of nitrogens with one attached hydrogen (secondary N) is 1. The zero-order valence-electron chi connectivity index (χ0n) is 8.88. The Morgan fingerprint density at radius 1 is 1.40 bits per heavy atom. The molecular formula is C13H14N2. The SMILES string of the molecule is Cc1cccc(C2=CCNCC2)c1C#N. The van der Waals surface area contributed by atoms with Gasteiger partial charge in [0.1, 0.15) is 6.07 Å². The van der Waals surface area contributed by atoms with E-state index < -0.39 is 0 Å². The summed E-state index contributed by atoms with van der Waals surface area (Å²) >= 11 is 0. The fourth-order valence-corrected chi connectivity index (χ4v) is 1.95. The standard InChI is InChI=1S/C13H14N2/c1-10-3-2-4-12(13(10)9-14)11-5-7-15-8-6-11/h2-5,15H,6-8H2,1H3. The number of benzene rings is 1. The highest BCUT2D eigenvalue weighted by atomic mass is 14.8. The minimum Gasteiger partial charge on any atom is -0.313 e. The Bertz CT molecular complexity index is 438. The molecule has 0 atom stereocenters. The van der Waals surface area contributed by atoms with Gasteiger partial charge in [-0.1, -0.05) is 24.3 Å². The van der Waals surface area contributed by atoms with Crippen LogP contribution in [0.1, 0.15) is 23.1 Å². The van der Waals surface area contributed by atoms with Crippen LogP contribution in [-0.2, 0) is 0 Å². The van der Waals surface area contributed by atoms with Gasteiger partial charge in [-0.25, -0.2) is 0 Å². The number of rotatable bonds is 1. The highest BCUT2D eigenvalue weighted by Crippen LogP contribution is 2.24. The van der Waals surface area contributed by atoms with Crippen LogP contribution >= 0.6 is 0 Å². The first-order valence-corrected chi connectivity index (χ1v) is 5.23. The van der Waals surface area contributed by atoms with Crippen LogP contribution in [0.3, 0.4) is 0 Å². The largest absolute Gasteiger partial charge is 0.313 e. The second kappa shape index (κ2) is 4.29. The number of hydrogen-bond donors (Lipinski definition) is 1. The first kappa shape index (κ1) is 9.95. The molecule has 1 aromatic rings. The van der Waals surface area contributed by atoms with Gasteiger partial charge in [-0.3, -0.25) is 0 Å². The summed E-state index contributed by atoms with van der Waals surface area (Å²) in [6.07, 6.45) is 3.19. The van der Waals surface area contributed by atoms with E-state index in [4.69, 9.17) is 5.26 Å². The van der Waals surface area contributed by atoms with Gasteiger partial charge in [-0.05, 0) is 36.6 Å². The molecule has 2 heteroatoms. The summed E-state index contributed by atoms with van der Waals surface area (Å²) in [6.45, 7) is 3.91. The monoisotopic (exact) mass is 198 g/mol. The normalized spacial score (nSPS) is 15.6. The van der Waals surface area contributed by atoms with Gasteiger partial charge in [0.25, 0.3) is 0 Å². The maximum atomic E-state index is 9.14. The van der Waals surface area contributed by atoms with E-state index in [1.54, 1.807) is 0 Å². The van der Waals surface area contributed by atoms with Crippen molar-refractivity contribution in [2.75, 3.05) is 13.1 Å². The van der Waals surface area contributed by atoms with E-state index in [9.17, 15) is 0 Å². The van der Waals surface area contributed by atoms with Gasteiger partial charge >= 0.3 is 0 Å². The molecule has 0 amide bonds. The van der Waals surface area contributed by atoms with Crippen LogP contribution in [0.25, 0.3) is 5.57 Å². The number of aryl methyl sites for hydroxylation is 1. The lowest BCUT2D eigenvalue weighted by atomic mass is 9.93. The Hall–Kier alpha value is -1.59.